The minimum absolute atomic E-state index is 0.122. The first kappa shape index (κ1) is 14.3. The third-order valence-corrected chi connectivity index (χ3v) is 3.32. The van der Waals surface area contributed by atoms with Crippen molar-refractivity contribution in [1.29, 1.82) is 0 Å². The van der Waals surface area contributed by atoms with Crippen LogP contribution in [0.3, 0.4) is 0 Å². The highest BCUT2D eigenvalue weighted by molar-refractivity contribution is 5.94. The van der Waals surface area contributed by atoms with Gasteiger partial charge in [0.15, 0.2) is 0 Å². The Morgan fingerprint density at radius 2 is 2.30 bits per heavy atom. The Morgan fingerprint density at radius 1 is 1.55 bits per heavy atom. The number of nitrogens with two attached hydrogens (primary N) is 1. The van der Waals surface area contributed by atoms with E-state index < -0.39 is 10.8 Å². The Bertz CT molecular complexity index is 532. The molecule has 0 aromatic heterocycles. The van der Waals surface area contributed by atoms with Gasteiger partial charge in [0, 0.05) is 24.3 Å². The van der Waals surface area contributed by atoms with Gasteiger partial charge in [-0.2, -0.15) is 0 Å². The summed E-state index contributed by atoms with van der Waals surface area (Å²) in [4.78, 5) is 21.7. The standard InChI is InChI=1S/C13H17N3O4/c1-8-6-10(4-5-20-8)15-11-3-2-9(13(14)17)7-12(11)16(18)19/h2-3,7-8,10,15H,4-6H2,1H3,(H2,14,17). The summed E-state index contributed by atoms with van der Waals surface area (Å²) in [5, 5.41) is 14.2. The Hall–Kier alpha value is -2.15. The molecular formula is C13H17N3O4. The first-order valence-corrected chi connectivity index (χ1v) is 6.43. The minimum Gasteiger partial charge on any atom is -0.378 e. The van der Waals surface area contributed by atoms with E-state index in [0.29, 0.717) is 12.3 Å². The van der Waals surface area contributed by atoms with Crippen LogP contribution in [-0.4, -0.2) is 29.6 Å². The number of benzene rings is 1. The first-order valence-electron chi connectivity index (χ1n) is 6.43. The second-order valence-corrected chi connectivity index (χ2v) is 4.90. The van der Waals surface area contributed by atoms with E-state index in [1.165, 1.54) is 18.2 Å². The summed E-state index contributed by atoms with van der Waals surface area (Å²) in [6.45, 7) is 2.60. The number of nitro benzene ring substituents is 1. The molecule has 1 saturated heterocycles. The highest BCUT2D eigenvalue weighted by Crippen LogP contribution is 2.28. The molecule has 0 radical (unpaired) electrons. The number of primary amides is 1. The molecule has 1 aromatic carbocycles. The Labute approximate surface area is 116 Å². The smallest absolute Gasteiger partial charge is 0.293 e. The second-order valence-electron chi connectivity index (χ2n) is 4.90. The number of hydrogen-bond donors (Lipinski definition) is 2. The van der Waals surface area contributed by atoms with Crippen LogP contribution in [0.2, 0.25) is 0 Å². The number of anilines is 1. The molecule has 1 heterocycles. The lowest BCUT2D eigenvalue weighted by atomic mass is 10.0. The number of carbonyl (C=O) groups is 1. The van der Waals surface area contributed by atoms with E-state index in [1.807, 2.05) is 6.92 Å². The third-order valence-electron chi connectivity index (χ3n) is 3.32. The summed E-state index contributed by atoms with van der Waals surface area (Å²) in [5.41, 5.74) is 5.53. The molecule has 1 aromatic rings. The number of ether oxygens (including phenoxy) is 1. The van der Waals surface area contributed by atoms with Gasteiger partial charge >= 0.3 is 0 Å². The molecular weight excluding hydrogens is 262 g/mol. The van der Waals surface area contributed by atoms with Gasteiger partial charge in [0.1, 0.15) is 5.69 Å². The van der Waals surface area contributed by atoms with Crippen molar-refractivity contribution in [1.82, 2.24) is 0 Å². The topological polar surface area (TPSA) is 107 Å². The van der Waals surface area contributed by atoms with Crippen LogP contribution in [0.5, 0.6) is 0 Å². The normalized spacial score (nSPS) is 22.2. The summed E-state index contributed by atoms with van der Waals surface area (Å²) in [6, 6.07) is 4.34. The van der Waals surface area contributed by atoms with Crippen molar-refractivity contribution in [2.24, 2.45) is 5.73 Å². The predicted molar refractivity (Wildman–Crippen MR) is 73.7 cm³/mol. The molecule has 1 amide bonds. The van der Waals surface area contributed by atoms with Gasteiger partial charge in [-0.15, -0.1) is 0 Å². The molecule has 1 aliphatic heterocycles. The van der Waals surface area contributed by atoms with Gasteiger partial charge < -0.3 is 15.8 Å². The molecule has 2 unspecified atom stereocenters. The van der Waals surface area contributed by atoms with E-state index in [4.69, 9.17) is 10.5 Å². The maximum absolute atomic E-state index is 11.1. The lowest BCUT2D eigenvalue weighted by Crippen LogP contribution is -2.32. The molecule has 7 nitrogen and oxygen atoms in total. The van der Waals surface area contributed by atoms with Crippen molar-refractivity contribution < 1.29 is 14.5 Å². The monoisotopic (exact) mass is 279 g/mol. The van der Waals surface area contributed by atoms with Crippen LogP contribution in [0.25, 0.3) is 0 Å². The Balaban J connectivity index is 2.22. The number of rotatable bonds is 4. The highest BCUT2D eigenvalue weighted by atomic mass is 16.6. The zero-order chi connectivity index (χ0) is 14.7. The van der Waals surface area contributed by atoms with Crippen molar-refractivity contribution in [3.8, 4) is 0 Å². The number of amides is 1. The van der Waals surface area contributed by atoms with Crippen LogP contribution >= 0.6 is 0 Å². The quantitative estimate of drug-likeness (QED) is 0.644. The van der Waals surface area contributed by atoms with Crippen LogP contribution in [0.4, 0.5) is 11.4 Å². The van der Waals surface area contributed by atoms with E-state index in [1.54, 1.807) is 0 Å². The fourth-order valence-corrected chi connectivity index (χ4v) is 2.31. The average molecular weight is 279 g/mol. The summed E-state index contributed by atoms with van der Waals surface area (Å²) < 4.78 is 5.44. The Kier molecular flexibility index (Phi) is 4.19. The molecule has 20 heavy (non-hydrogen) atoms. The first-order chi connectivity index (χ1) is 9.47. The van der Waals surface area contributed by atoms with Crippen LogP contribution < -0.4 is 11.1 Å². The van der Waals surface area contributed by atoms with Gasteiger partial charge in [-0.05, 0) is 31.9 Å². The van der Waals surface area contributed by atoms with Gasteiger partial charge in [-0.1, -0.05) is 0 Å². The van der Waals surface area contributed by atoms with Gasteiger partial charge in [0.05, 0.1) is 11.0 Å². The number of carbonyl (C=O) groups excluding carboxylic acids is 1. The van der Waals surface area contributed by atoms with E-state index in [9.17, 15) is 14.9 Å². The van der Waals surface area contributed by atoms with E-state index in [0.717, 1.165) is 12.8 Å². The van der Waals surface area contributed by atoms with Gasteiger partial charge in [-0.25, -0.2) is 0 Å². The van der Waals surface area contributed by atoms with E-state index in [2.05, 4.69) is 5.32 Å². The maximum atomic E-state index is 11.1. The molecule has 0 saturated carbocycles. The number of nitrogens with one attached hydrogen (secondary N) is 1. The van der Waals surface area contributed by atoms with Crippen molar-refractivity contribution in [3.63, 3.8) is 0 Å². The molecule has 0 spiro atoms. The van der Waals surface area contributed by atoms with Crippen molar-refractivity contribution in [2.75, 3.05) is 11.9 Å². The van der Waals surface area contributed by atoms with Crippen LogP contribution in [0.1, 0.15) is 30.1 Å². The van der Waals surface area contributed by atoms with Crippen molar-refractivity contribution in [3.05, 3.63) is 33.9 Å². The predicted octanol–water partition coefficient (Wildman–Crippen LogP) is 1.67. The molecule has 1 fully saturated rings. The number of hydrogen-bond acceptors (Lipinski definition) is 5. The zero-order valence-corrected chi connectivity index (χ0v) is 11.2. The largest absolute Gasteiger partial charge is 0.378 e. The van der Waals surface area contributed by atoms with Crippen molar-refractivity contribution in [2.45, 2.75) is 31.9 Å². The number of nitro groups is 1. The summed E-state index contributed by atoms with van der Waals surface area (Å²) in [6.07, 6.45) is 1.71. The third kappa shape index (κ3) is 3.24. The number of nitrogens with zero attached hydrogens (tertiary/aromatic N) is 1. The lowest BCUT2D eigenvalue weighted by molar-refractivity contribution is -0.384. The zero-order valence-electron chi connectivity index (χ0n) is 11.2. The average Bonchev–Trinajstić information content (AvgIpc) is 2.38. The van der Waals surface area contributed by atoms with Crippen LogP contribution in [0, 0.1) is 10.1 Å². The van der Waals surface area contributed by atoms with E-state index in [-0.39, 0.29) is 23.4 Å². The molecule has 7 heteroatoms. The van der Waals surface area contributed by atoms with Crippen LogP contribution in [-0.2, 0) is 4.74 Å². The van der Waals surface area contributed by atoms with Crippen LogP contribution in [0.15, 0.2) is 18.2 Å². The van der Waals surface area contributed by atoms with Gasteiger partial charge in [0.2, 0.25) is 5.91 Å². The van der Waals surface area contributed by atoms with Gasteiger partial charge in [-0.3, -0.25) is 14.9 Å². The summed E-state index contributed by atoms with van der Waals surface area (Å²) in [5.74, 6) is -0.681. The molecule has 3 N–H and O–H groups in total. The van der Waals surface area contributed by atoms with Gasteiger partial charge in [0.25, 0.3) is 5.69 Å². The fraction of sp³-hybridized carbons (Fsp3) is 0.462. The minimum atomic E-state index is -0.681. The van der Waals surface area contributed by atoms with Crippen molar-refractivity contribution >= 4 is 17.3 Å². The molecule has 108 valence electrons. The lowest BCUT2D eigenvalue weighted by Gasteiger charge is -2.28. The highest BCUT2D eigenvalue weighted by Gasteiger charge is 2.23. The second kappa shape index (κ2) is 5.87. The molecule has 1 aliphatic rings. The fourth-order valence-electron chi connectivity index (χ4n) is 2.31. The Morgan fingerprint density at radius 3 is 2.90 bits per heavy atom. The SMILES string of the molecule is CC1CC(Nc2ccc(C(N)=O)cc2[N+](=O)[O-])CCO1. The molecule has 0 bridgehead atoms. The molecule has 2 atom stereocenters. The molecule has 2 rings (SSSR count). The maximum Gasteiger partial charge on any atom is 0.293 e. The van der Waals surface area contributed by atoms with E-state index >= 15 is 0 Å². The summed E-state index contributed by atoms with van der Waals surface area (Å²) >= 11 is 0. The summed E-state index contributed by atoms with van der Waals surface area (Å²) in [7, 11) is 0. The molecule has 0 aliphatic carbocycles.